The molecule has 6 nitrogen and oxygen atoms in total. The van der Waals surface area contributed by atoms with Crippen molar-refractivity contribution in [2.24, 2.45) is 0 Å². The Balaban J connectivity index is 2.54. The maximum absolute atomic E-state index is 11.9. The molecule has 2 amide bonds. The van der Waals surface area contributed by atoms with Crippen LogP contribution in [0.1, 0.15) is 29.6 Å². The lowest BCUT2D eigenvalue weighted by Gasteiger charge is -2.18. The molecule has 0 aliphatic heterocycles. The number of aliphatic hydroxyl groups is 1. The van der Waals surface area contributed by atoms with Gasteiger partial charge in [-0.1, -0.05) is 11.6 Å². The molecule has 1 aromatic carbocycles. The number of aliphatic hydroxyl groups excluding tert-OH is 1. The SMILES string of the molecule is CN(CCCCCO)C(=O)Nc1ccc(C(=O)O)c(Cl)c1. The second kappa shape index (κ2) is 8.49. The number of carbonyl (C=O) groups excluding carboxylic acids is 1. The fourth-order valence-corrected chi connectivity index (χ4v) is 1.99. The molecule has 0 bridgehead atoms. The number of hydrogen-bond donors (Lipinski definition) is 3. The fourth-order valence-electron chi connectivity index (χ4n) is 1.72. The van der Waals surface area contributed by atoms with Crippen LogP contribution in [0.3, 0.4) is 0 Å². The molecule has 0 aliphatic carbocycles. The Morgan fingerprint density at radius 1 is 1.29 bits per heavy atom. The quantitative estimate of drug-likeness (QED) is 0.675. The lowest BCUT2D eigenvalue weighted by molar-refractivity contribution is 0.0697. The summed E-state index contributed by atoms with van der Waals surface area (Å²) in [7, 11) is 1.67. The number of aromatic carboxylic acids is 1. The highest BCUT2D eigenvalue weighted by molar-refractivity contribution is 6.33. The maximum atomic E-state index is 11.9. The molecule has 1 aromatic rings. The van der Waals surface area contributed by atoms with Crippen LogP contribution in [0.25, 0.3) is 0 Å². The predicted molar refractivity (Wildman–Crippen MR) is 81.0 cm³/mol. The second-order valence-corrected chi connectivity index (χ2v) is 5.04. The zero-order valence-corrected chi connectivity index (χ0v) is 12.6. The van der Waals surface area contributed by atoms with E-state index in [1.165, 1.54) is 23.1 Å². The molecule has 0 aliphatic rings. The smallest absolute Gasteiger partial charge is 0.337 e. The Morgan fingerprint density at radius 2 is 2.00 bits per heavy atom. The second-order valence-electron chi connectivity index (χ2n) is 4.64. The normalized spacial score (nSPS) is 10.2. The number of anilines is 1. The standard InChI is InChI=1S/C14H19ClN2O4/c1-17(7-3-2-4-8-18)14(21)16-10-5-6-11(13(19)20)12(15)9-10/h5-6,9,18H,2-4,7-8H2,1H3,(H,16,21)(H,19,20). The van der Waals surface area contributed by atoms with Crippen LogP contribution in [0.2, 0.25) is 5.02 Å². The van der Waals surface area contributed by atoms with Gasteiger partial charge in [0.2, 0.25) is 0 Å². The number of carboxylic acid groups (broad SMARTS) is 1. The lowest BCUT2D eigenvalue weighted by atomic mass is 10.2. The molecule has 0 heterocycles. The minimum Gasteiger partial charge on any atom is -0.478 e. The number of carboxylic acids is 1. The first-order chi connectivity index (χ1) is 9.95. The van der Waals surface area contributed by atoms with Crippen molar-refractivity contribution in [3.05, 3.63) is 28.8 Å². The number of nitrogens with one attached hydrogen (secondary N) is 1. The molecular formula is C14H19ClN2O4. The van der Waals surface area contributed by atoms with Crippen molar-refractivity contribution in [2.45, 2.75) is 19.3 Å². The van der Waals surface area contributed by atoms with Gasteiger partial charge in [-0.3, -0.25) is 0 Å². The summed E-state index contributed by atoms with van der Waals surface area (Å²) in [5.74, 6) is -1.11. The Labute approximate surface area is 128 Å². The third-order valence-corrected chi connectivity index (χ3v) is 3.26. The van der Waals surface area contributed by atoms with Gasteiger partial charge in [0.15, 0.2) is 0 Å². The number of carbonyl (C=O) groups is 2. The number of hydrogen-bond acceptors (Lipinski definition) is 3. The molecule has 3 N–H and O–H groups in total. The van der Waals surface area contributed by atoms with Crippen molar-refractivity contribution in [1.82, 2.24) is 4.90 Å². The van der Waals surface area contributed by atoms with E-state index >= 15 is 0 Å². The fraction of sp³-hybridized carbons (Fsp3) is 0.429. The van der Waals surface area contributed by atoms with E-state index in [9.17, 15) is 9.59 Å². The molecule has 1 rings (SSSR count). The summed E-state index contributed by atoms with van der Waals surface area (Å²) in [5, 5.41) is 20.3. The summed E-state index contributed by atoms with van der Waals surface area (Å²) in [6, 6.07) is 3.95. The molecule has 0 atom stereocenters. The summed E-state index contributed by atoms with van der Waals surface area (Å²) >= 11 is 5.84. The highest BCUT2D eigenvalue weighted by Gasteiger charge is 2.12. The Morgan fingerprint density at radius 3 is 2.57 bits per heavy atom. The Hall–Kier alpha value is -1.79. The topological polar surface area (TPSA) is 89.9 Å². The molecule has 7 heteroatoms. The van der Waals surface area contributed by atoms with Gasteiger partial charge in [0.25, 0.3) is 0 Å². The number of amides is 2. The molecular weight excluding hydrogens is 296 g/mol. The largest absolute Gasteiger partial charge is 0.478 e. The number of urea groups is 1. The average Bonchev–Trinajstić information content (AvgIpc) is 2.43. The maximum Gasteiger partial charge on any atom is 0.337 e. The third-order valence-electron chi connectivity index (χ3n) is 2.95. The summed E-state index contributed by atoms with van der Waals surface area (Å²) in [6.07, 6.45) is 2.39. The number of halogens is 1. The molecule has 0 saturated carbocycles. The van der Waals surface area contributed by atoms with Gasteiger partial charge in [0, 0.05) is 25.9 Å². The molecule has 116 valence electrons. The minimum absolute atomic E-state index is 0.00739. The van der Waals surface area contributed by atoms with Crippen molar-refractivity contribution in [2.75, 3.05) is 25.5 Å². The first-order valence-corrected chi connectivity index (χ1v) is 6.99. The zero-order valence-electron chi connectivity index (χ0n) is 11.8. The minimum atomic E-state index is -1.11. The highest BCUT2D eigenvalue weighted by Crippen LogP contribution is 2.21. The van der Waals surface area contributed by atoms with Crippen LogP contribution in [0.5, 0.6) is 0 Å². The molecule has 0 spiro atoms. The van der Waals surface area contributed by atoms with E-state index < -0.39 is 5.97 Å². The van der Waals surface area contributed by atoms with Crippen molar-refractivity contribution in [3.63, 3.8) is 0 Å². The Kier molecular flexibility index (Phi) is 6.98. The molecule has 0 unspecified atom stereocenters. The lowest BCUT2D eigenvalue weighted by Crippen LogP contribution is -2.32. The van der Waals surface area contributed by atoms with Crippen LogP contribution >= 0.6 is 11.6 Å². The van der Waals surface area contributed by atoms with Crippen LogP contribution in [-0.2, 0) is 0 Å². The van der Waals surface area contributed by atoms with Crippen LogP contribution in [0.4, 0.5) is 10.5 Å². The van der Waals surface area contributed by atoms with Gasteiger partial charge in [0.1, 0.15) is 0 Å². The van der Waals surface area contributed by atoms with E-state index in [1.807, 2.05) is 0 Å². The number of nitrogens with zero attached hydrogens (tertiary/aromatic N) is 1. The van der Waals surface area contributed by atoms with Crippen molar-refractivity contribution >= 4 is 29.3 Å². The van der Waals surface area contributed by atoms with Crippen LogP contribution in [-0.4, -0.2) is 47.3 Å². The molecule has 0 aromatic heterocycles. The van der Waals surface area contributed by atoms with E-state index in [-0.39, 0.29) is 23.2 Å². The monoisotopic (exact) mass is 314 g/mol. The van der Waals surface area contributed by atoms with E-state index in [1.54, 1.807) is 7.05 Å². The third kappa shape index (κ3) is 5.61. The van der Waals surface area contributed by atoms with Crippen LogP contribution in [0.15, 0.2) is 18.2 Å². The molecule has 0 fully saturated rings. The molecule has 21 heavy (non-hydrogen) atoms. The van der Waals surface area contributed by atoms with E-state index in [0.717, 1.165) is 19.3 Å². The number of rotatable bonds is 7. The predicted octanol–water partition coefficient (Wildman–Crippen LogP) is 2.66. The number of benzene rings is 1. The molecule has 0 saturated heterocycles. The molecule has 0 radical (unpaired) electrons. The van der Waals surface area contributed by atoms with Crippen molar-refractivity contribution in [1.29, 1.82) is 0 Å². The summed E-state index contributed by atoms with van der Waals surface area (Å²) < 4.78 is 0. The first-order valence-electron chi connectivity index (χ1n) is 6.61. The van der Waals surface area contributed by atoms with Gasteiger partial charge in [-0.2, -0.15) is 0 Å². The van der Waals surface area contributed by atoms with Gasteiger partial charge in [-0.05, 0) is 37.5 Å². The average molecular weight is 315 g/mol. The van der Waals surface area contributed by atoms with Crippen LogP contribution in [0, 0.1) is 0 Å². The van der Waals surface area contributed by atoms with Gasteiger partial charge in [0.05, 0.1) is 10.6 Å². The van der Waals surface area contributed by atoms with Crippen LogP contribution < -0.4 is 5.32 Å². The summed E-state index contributed by atoms with van der Waals surface area (Å²) in [5.41, 5.74) is 0.434. The van der Waals surface area contributed by atoms with E-state index in [4.69, 9.17) is 21.8 Å². The van der Waals surface area contributed by atoms with Crippen molar-refractivity contribution < 1.29 is 19.8 Å². The van der Waals surface area contributed by atoms with E-state index in [0.29, 0.717) is 12.2 Å². The zero-order chi connectivity index (χ0) is 15.8. The summed E-state index contributed by atoms with van der Waals surface area (Å²) in [6.45, 7) is 0.733. The first kappa shape index (κ1) is 17.3. The van der Waals surface area contributed by atoms with E-state index in [2.05, 4.69) is 5.32 Å². The Bertz CT molecular complexity index is 508. The van der Waals surface area contributed by atoms with Gasteiger partial charge < -0.3 is 20.4 Å². The van der Waals surface area contributed by atoms with Gasteiger partial charge in [-0.15, -0.1) is 0 Å². The van der Waals surface area contributed by atoms with Gasteiger partial charge >= 0.3 is 12.0 Å². The summed E-state index contributed by atoms with van der Waals surface area (Å²) in [4.78, 5) is 24.3. The number of unbranched alkanes of at least 4 members (excludes halogenated alkanes) is 2. The van der Waals surface area contributed by atoms with Crippen molar-refractivity contribution in [3.8, 4) is 0 Å². The van der Waals surface area contributed by atoms with Gasteiger partial charge in [-0.25, -0.2) is 9.59 Å². The highest BCUT2D eigenvalue weighted by atomic mass is 35.5.